The molecule has 0 aliphatic rings. The first-order valence-corrected chi connectivity index (χ1v) is 5.87. The average molecular weight is 275 g/mol. The second kappa shape index (κ2) is 5.50. The zero-order valence-electron chi connectivity index (χ0n) is 10.4. The van der Waals surface area contributed by atoms with Crippen molar-refractivity contribution in [1.82, 2.24) is 20.6 Å². The van der Waals surface area contributed by atoms with Crippen LogP contribution < -0.4 is 5.32 Å². The topological polar surface area (TPSA) is 90.3 Å². The van der Waals surface area contributed by atoms with Gasteiger partial charge >= 0.3 is 0 Å². The monoisotopic (exact) mass is 274 g/mol. The largest absolute Gasteiger partial charge is 0.359 e. The van der Waals surface area contributed by atoms with Crippen molar-refractivity contribution in [2.75, 3.05) is 5.32 Å². The van der Waals surface area contributed by atoms with Crippen LogP contribution in [0.15, 0.2) is 18.3 Å². The van der Waals surface area contributed by atoms with Crippen molar-refractivity contribution in [3.05, 3.63) is 40.3 Å². The van der Waals surface area contributed by atoms with E-state index in [4.69, 9.17) is 16.9 Å². The van der Waals surface area contributed by atoms with Gasteiger partial charge in [0.1, 0.15) is 11.6 Å². The van der Waals surface area contributed by atoms with Crippen molar-refractivity contribution in [3.63, 3.8) is 0 Å². The molecule has 1 heterocycles. The molecule has 0 bridgehead atoms. The molecule has 96 valence electrons. The Hall–Kier alpha value is -2.39. The summed E-state index contributed by atoms with van der Waals surface area (Å²) in [6.45, 7) is 3.98. The Labute approximate surface area is 115 Å². The molecule has 0 saturated heterocycles. The van der Waals surface area contributed by atoms with Gasteiger partial charge in [-0.2, -0.15) is 10.5 Å². The smallest absolute Gasteiger partial charge is 0.216 e. The number of nitriles is 1. The lowest BCUT2D eigenvalue weighted by molar-refractivity contribution is 0.881. The van der Waals surface area contributed by atoms with E-state index in [1.54, 1.807) is 0 Å². The Bertz CT molecular complexity index is 654. The zero-order valence-corrected chi connectivity index (χ0v) is 11.2. The average Bonchev–Trinajstić information content (AvgIpc) is 2.90. The predicted octanol–water partition coefficient (Wildman–Crippen LogP) is 2.45. The van der Waals surface area contributed by atoms with E-state index in [9.17, 15) is 0 Å². The lowest BCUT2D eigenvalue weighted by atomic mass is 10.1. The molecule has 19 heavy (non-hydrogen) atoms. The van der Waals surface area contributed by atoms with Gasteiger partial charge in [0.2, 0.25) is 5.82 Å². The number of aromatic amines is 1. The van der Waals surface area contributed by atoms with Crippen LogP contribution in [0.5, 0.6) is 0 Å². The third-order valence-electron chi connectivity index (χ3n) is 2.66. The lowest BCUT2D eigenvalue weighted by Gasteiger charge is -2.08. The second-order valence-corrected chi connectivity index (χ2v) is 4.37. The van der Waals surface area contributed by atoms with Crippen LogP contribution in [-0.4, -0.2) is 20.6 Å². The van der Waals surface area contributed by atoms with Crippen molar-refractivity contribution >= 4 is 22.9 Å². The number of nitrogens with zero attached hydrogens (tertiary/aromatic N) is 4. The van der Waals surface area contributed by atoms with E-state index in [1.807, 2.05) is 32.0 Å². The SMILES string of the molecule is Cc1cc(Cl)c(NC=C(C#N)c2nn[nH]n2)cc1C. The number of tetrazole rings is 1. The molecule has 0 atom stereocenters. The number of halogens is 1. The number of anilines is 1. The summed E-state index contributed by atoms with van der Waals surface area (Å²) in [5.41, 5.74) is 3.21. The minimum Gasteiger partial charge on any atom is -0.359 e. The molecule has 0 fully saturated rings. The highest BCUT2D eigenvalue weighted by molar-refractivity contribution is 6.33. The molecule has 2 aromatic rings. The number of hydrogen-bond donors (Lipinski definition) is 2. The van der Waals surface area contributed by atoms with Gasteiger partial charge < -0.3 is 5.32 Å². The molecule has 1 aromatic heterocycles. The number of H-pyrrole nitrogens is 1. The fourth-order valence-electron chi connectivity index (χ4n) is 1.46. The standard InChI is InChI=1S/C12H11ClN6/c1-7-3-10(13)11(4-8(7)2)15-6-9(5-14)12-16-18-19-17-12/h3-4,6,15H,1-2H3,(H,16,17,18,19). The Kier molecular flexibility index (Phi) is 3.78. The van der Waals surface area contributed by atoms with E-state index < -0.39 is 0 Å². The number of allylic oxidation sites excluding steroid dienone is 1. The molecule has 0 spiro atoms. The van der Waals surface area contributed by atoms with Crippen LogP contribution in [0.25, 0.3) is 5.57 Å². The van der Waals surface area contributed by atoms with Gasteiger partial charge in [-0.25, -0.2) is 0 Å². The summed E-state index contributed by atoms with van der Waals surface area (Å²) in [6.07, 6.45) is 1.50. The Morgan fingerprint density at radius 3 is 2.79 bits per heavy atom. The number of benzene rings is 1. The van der Waals surface area contributed by atoms with Crippen LogP contribution in [0, 0.1) is 25.2 Å². The molecule has 2 rings (SSSR count). The van der Waals surface area contributed by atoms with Crippen LogP contribution in [0.2, 0.25) is 5.02 Å². The fourth-order valence-corrected chi connectivity index (χ4v) is 1.74. The maximum absolute atomic E-state index is 9.03. The minimum absolute atomic E-state index is 0.231. The van der Waals surface area contributed by atoms with Gasteiger partial charge in [-0.3, -0.25) is 0 Å². The normalized spacial score (nSPS) is 11.2. The molecular weight excluding hydrogens is 264 g/mol. The van der Waals surface area contributed by atoms with Crippen LogP contribution >= 0.6 is 11.6 Å². The van der Waals surface area contributed by atoms with Crippen molar-refractivity contribution < 1.29 is 0 Å². The van der Waals surface area contributed by atoms with Crippen molar-refractivity contribution in [3.8, 4) is 6.07 Å². The highest BCUT2D eigenvalue weighted by Gasteiger charge is 2.07. The molecule has 0 saturated carbocycles. The number of nitrogens with one attached hydrogen (secondary N) is 2. The first kappa shape index (κ1) is 13.1. The van der Waals surface area contributed by atoms with E-state index in [1.165, 1.54) is 6.20 Å². The van der Waals surface area contributed by atoms with Gasteiger partial charge in [-0.05, 0) is 42.3 Å². The van der Waals surface area contributed by atoms with Crippen LogP contribution in [0.4, 0.5) is 5.69 Å². The molecule has 7 heteroatoms. The first-order chi connectivity index (χ1) is 9.11. The quantitative estimate of drug-likeness (QED) is 0.839. The van der Waals surface area contributed by atoms with Crippen LogP contribution in [-0.2, 0) is 0 Å². The summed E-state index contributed by atoms with van der Waals surface area (Å²) in [5.74, 6) is 0.231. The number of aromatic nitrogens is 4. The minimum atomic E-state index is 0.231. The van der Waals surface area contributed by atoms with Gasteiger partial charge in [0.05, 0.1) is 10.7 Å². The second-order valence-electron chi connectivity index (χ2n) is 3.97. The third-order valence-corrected chi connectivity index (χ3v) is 2.97. The fraction of sp³-hybridized carbons (Fsp3) is 0.167. The Balaban J connectivity index is 2.27. The van der Waals surface area contributed by atoms with Crippen LogP contribution in [0.1, 0.15) is 17.0 Å². The predicted molar refractivity (Wildman–Crippen MR) is 72.3 cm³/mol. The number of aryl methyl sites for hydroxylation is 2. The molecule has 0 aliphatic heterocycles. The van der Waals surface area contributed by atoms with Gasteiger partial charge in [-0.1, -0.05) is 11.6 Å². The van der Waals surface area contributed by atoms with Gasteiger partial charge in [-0.15, -0.1) is 10.2 Å². The maximum Gasteiger partial charge on any atom is 0.216 e. The zero-order chi connectivity index (χ0) is 13.8. The number of hydrogen-bond acceptors (Lipinski definition) is 5. The van der Waals surface area contributed by atoms with Crippen molar-refractivity contribution in [2.24, 2.45) is 0 Å². The maximum atomic E-state index is 9.03. The van der Waals surface area contributed by atoms with Gasteiger partial charge in [0.25, 0.3) is 0 Å². The summed E-state index contributed by atoms with van der Waals surface area (Å²) in [5, 5.41) is 25.8. The van der Waals surface area contributed by atoms with E-state index in [-0.39, 0.29) is 11.4 Å². The number of rotatable bonds is 3. The van der Waals surface area contributed by atoms with Gasteiger partial charge in [0.15, 0.2) is 0 Å². The summed E-state index contributed by atoms with van der Waals surface area (Å²) >= 11 is 6.13. The van der Waals surface area contributed by atoms with E-state index in [0.29, 0.717) is 5.02 Å². The summed E-state index contributed by atoms with van der Waals surface area (Å²) in [6, 6.07) is 5.78. The summed E-state index contributed by atoms with van der Waals surface area (Å²) in [7, 11) is 0. The highest BCUT2D eigenvalue weighted by atomic mass is 35.5. The van der Waals surface area contributed by atoms with E-state index >= 15 is 0 Å². The molecule has 0 amide bonds. The summed E-state index contributed by atoms with van der Waals surface area (Å²) in [4.78, 5) is 0. The molecular formula is C12H11ClN6. The Morgan fingerprint density at radius 1 is 1.42 bits per heavy atom. The van der Waals surface area contributed by atoms with E-state index in [2.05, 4.69) is 25.9 Å². The molecule has 6 nitrogen and oxygen atoms in total. The molecule has 0 radical (unpaired) electrons. The molecule has 2 N–H and O–H groups in total. The lowest BCUT2D eigenvalue weighted by Crippen LogP contribution is -1.95. The van der Waals surface area contributed by atoms with Crippen molar-refractivity contribution in [2.45, 2.75) is 13.8 Å². The summed E-state index contributed by atoms with van der Waals surface area (Å²) < 4.78 is 0. The Morgan fingerprint density at radius 2 is 2.16 bits per heavy atom. The van der Waals surface area contributed by atoms with Crippen LogP contribution in [0.3, 0.4) is 0 Å². The van der Waals surface area contributed by atoms with Crippen molar-refractivity contribution in [1.29, 1.82) is 5.26 Å². The molecule has 1 aromatic carbocycles. The highest BCUT2D eigenvalue weighted by Crippen LogP contribution is 2.26. The first-order valence-electron chi connectivity index (χ1n) is 5.49. The third kappa shape index (κ3) is 2.89. The van der Waals surface area contributed by atoms with E-state index in [0.717, 1.165) is 16.8 Å². The van der Waals surface area contributed by atoms with Gasteiger partial charge in [0, 0.05) is 6.20 Å². The molecule has 0 aliphatic carbocycles. The molecule has 0 unspecified atom stereocenters.